The molecule has 3 amide bonds. The molecule has 9 heteroatoms. The van der Waals surface area contributed by atoms with Gasteiger partial charge in [-0.2, -0.15) is 0 Å². The van der Waals surface area contributed by atoms with E-state index in [2.05, 4.69) is 10.6 Å². The first-order valence-corrected chi connectivity index (χ1v) is 13.6. The van der Waals surface area contributed by atoms with Gasteiger partial charge < -0.3 is 30.1 Å². The van der Waals surface area contributed by atoms with Crippen molar-refractivity contribution in [3.63, 3.8) is 0 Å². The zero-order chi connectivity index (χ0) is 30.4. The third-order valence-electron chi connectivity index (χ3n) is 6.79. The number of alkyl carbamates (subject to hydrolysis) is 1. The molecule has 2 aromatic carbocycles. The maximum Gasteiger partial charge on any atom is 0.408 e. The van der Waals surface area contributed by atoms with Crippen molar-refractivity contribution in [2.45, 2.75) is 92.0 Å². The summed E-state index contributed by atoms with van der Waals surface area (Å²) in [7, 11) is 1.55. The molecule has 2 aromatic rings. The number of carbonyl (C=O) groups excluding carboxylic acids is 3. The molecule has 40 heavy (non-hydrogen) atoms. The molecular formula is C31H45N3O6. The van der Waals surface area contributed by atoms with E-state index in [1.54, 1.807) is 77.3 Å². The predicted octanol–water partition coefficient (Wildman–Crippen LogP) is 5.96. The largest absolute Gasteiger partial charge is 0.507 e. The molecule has 220 valence electrons. The Morgan fingerprint density at radius 2 is 1.60 bits per heavy atom. The monoisotopic (exact) mass is 555 g/mol. The van der Waals surface area contributed by atoms with E-state index in [-0.39, 0.29) is 17.2 Å². The number of phenolic OH excluding ortho intramolecular Hbond substituents is 1. The summed E-state index contributed by atoms with van der Waals surface area (Å²) >= 11 is 0. The fourth-order valence-electron chi connectivity index (χ4n) is 4.23. The van der Waals surface area contributed by atoms with Crippen LogP contribution in [0.4, 0.5) is 10.5 Å². The Hall–Kier alpha value is -3.75. The molecule has 3 N–H and O–H groups in total. The van der Waals surface area contributed by atoms with Gasteiger partial charge in [0.1, 0.15) is 29.2 Å². The van der Waals surface area contributed by atoms with E-state index in [9.17, 15) is 19.5 Å². The number of nitrogens with zero attached hydrogens (tertiary/aromatic N) is 1. The second-order valence-corrected chi connectivity index (χ2v) is 11.9. The first-order valence-electron chi connectivity index (χ1n) is 13.6. The first-order chi connectivity index (χ1) is 18.5. The molecule has 0 bridgehead atoms. The van der Waals surface area contributed by atoms with Crippen LogP contribution in [0.15, 0.2) is 42.5 Å². The lowest BCUT2D eigenvalue weighted by atomic mass is 9.89. The van der Waals surface area contributed by atoms with Crippen molar-refractivity contribution in [3.8, 4) is 11.5 Å². The third-order valence-corrected chi connectivity index (χ3v) is 6.79. The smallest absolute Gasteiger partial charge is 0.408 e. The van der Waals surface area contributed by atoms with Crippen LogP contribution in [0.5, 0.6) is 11.5 Å². The molecule has 0 radical (unpaired) electrons. The lowest BCUT2D eigenvalue weighted by molar-refractivity contribution is -0.148. The van der Waals surface area contributed by atoms with Gasteiger partial charge in [0, 0.05) is 16.8 Å². The van der Waals surface area contributed by atoms with Crippen LogP contribution < -0.4 is 15.4 Å². The van der Waals surface area contributed by atoms with Gasteiger partial charge in [0.15, 0.2) is 0 Å². The van der Waals surface area contributed by atoms with Crippen molar-refractivity contribution in [2.75, 3.05) is 12.4 Å². The first kappa shape index (κ1) is 32.5. The molecule has 0 fully saturated rings. The summed E-state index contributed by atoms with van der Waals surface area (Å²) in [5, 5.41) is 16.7. The standard InChI is InChI=1S/C31H45N3O6/c1-11-31(8,9)34(28(37)24(19(2)3)33-29(38)40-30(5,6)7)25(23-14-12-13-20(4)26(23)35)27(36)32-21-15-17-22(39-10)18-16-21/h12-19,24-25,35H,11H2,1-10H3,(H,32,36)(H,33,38). The highest BCUT2D eigenvalue weighted by Crippen LogP contribution is 2.38. The van der Waals surface area contributed by atoms with E-state index in [0.29, 0.717) is 23.4 Å². The molecule has 0 aliphatic heterocycles. The van der Waals surface area contributed by atoms with Gasteiger partial charge in [0.2, 0.25) is 5.91 Å². The quantitative estimate of drug-likeness (QED) is 0.333. The summed E-state index contributed by atoms with van der Waals surface area (Å²) in [6.07, 6.45) is -0.235. The van der Waals surface area contributed by atoms with Crippen molar-refractivity contribution in [1.82, 2.24) is 10.2 Å². The van der Waals surface area contributed by atoms with Gasteiger partial charge in [0.05, 0.1) is 7.11 Å². The van der Waals surface area contributed by atoms with Gasteiger partial charge >= 0.3 is 6.09 Å². The number of methoxy groups -OCH3 is 1. The van der Waals surface area contributed by atoms with Crippen LogP contribution in [0.25, 0.3) is 0 Å². The summed E-state index contributed by atoms with van der Waals surface area (Å²) in [5.41, 5.74) is -0.269. The van der Waals surface area contributed by atoms with Gasteiger partial charge in [-0.15, -0.1) is 0 Å². The van der Waals surface area contributed by atoms with Gasteiger partial charge in [-0.05, 0) is 83.7 Å². The Balaban J connectivity index is 2.67. The molecule has 0 saturated carbocycles. The maximum atomic E-state index is 14.4. The number of aromatic hydroxyl groups is 1. The Morgan fingerprint density at radius 1 is 1.00 bits per heavy atom. The summed E-state index contributed by atoms with van der Waals surface area (Å²) in [6, 6.07) is 9.71. The molecular weight excluding hydrogens is 510 g/mol. The number of nitrogens with one attached hydrogen (secondary N) is 2. The normalized spacial score (nSPS) is 13.3. The number of amides is 3. The number of carbonyl (C=O) groups is 3. The average Bonchev–Trinajstić information content (AvgIpc) is 2.86. The Kier molecular flexibility index (Phi) is 10.6. The van der Waals surface area contributed by atoms with E-state index in [1.165, 1.54) is 4.90 Å². The third kappa shape index (κ3) is 8.13. The highest BCUT2D eigenvalue weighted by Gasteiger charge is 2.44. The number of aryl methyl sites for hydroxylation is 1. The molecule has 2 atom stereocenters. The van der Waals surface area contributed by atoms with Gasteiger partial charge in [-0.3, -0.25) is 9.59 Å². The fraction of sp³-hybridized carbons (Fsp3) is 0.516. The van der Waals surface area contributed by atoms with Crippen molar-refractivity contribution in [1.29, 1.82) is 0 Å². The Bertz CT molecular complexity index is 1180. The zero-order valence-electron chi connectivity index (χ0n) is 25.4. The van der Waals surface area contributed by atoms with Crippen LogP contribution >= 0.6 is 0 Å². The van der Waals surface area contributed by atoms with Crippen molar-refractivity contribution < 1.29 is 29.0 Å². The Labute approximate surface area is 238 Å². The number of ether oxygens (including phenoxy) is 2. The van der Waals surface area contributed by atoms with E-state index < -0.39 is 41.1 Å². The van der Waals surface area contributed by atoms with Crippen molar-refractivity contribution in [2.24, 2.45) is 5.92 Å². The number of rotatable bonds is 10. The van der Waals surface area contributed by atoms with E-state index in [1.807, 2.05) is 34.6 Å². The topological polar surface area (TPSA) is 117 Å². The number of hydrogen-bond acceptors (Lipinski definition) is 6. The second-order valence-electron chi connectivity index (χ2n) is 11.9. The fourth-order valence-corrected chi connectivity index (χ4v) is 4.23. The average molecular weight is 556 g/mol. The summed E-state index contributed by atoms with van der Waals surface area (Å²) in [6.45, 7) is 16.2. The van der Waals surface area contributed by atoms with E-state index >= 15 is 0 Å². The lowest BCUT2D eigenvalue weighted by Gasteiger charge is -2.45. The number of phenols is 1. The predicted molar refractivity (Wildman–Crippen MR) is 156 cm³/mol. The number of para-hydroxylation sites is 1. The Morgan fingerprint density at radius 3 is 2.10 bits per heavy atom. The van der Waals surface area contributed by atoms with Crippen LogP contribution in [0.3, 0.4) is 0 Å². The van der Waals surface area contributed by atoms with E-state index in [0.717, 1.165) is 0 Å². The molecule has 9 nitrogen and oxygen atoms in total. The van der Waals surface area contributed by atoms with Crippen molar-refractivity contribution in [3.05, 3.63) is 53.6 Å². The second kappa shape index (κ2) is 13.1. The lowest BCUT2D eigenvalue weighted by Crippen LogP contribution is -2.60. The zero-order valence-corrected chi connectivity index (χ0v) is 25.4. The van der Waals surface area contributed by atoms with Crippen LogP contribution in [0.1, 0.15) is 79.0 Å². The van der Waals surface area contributed by atoms with Crippen LogP contribution in [-0.2, 0) is 14.3 Å². The van der Waals surface area contributed by atoms with E-state index in [4.69, 9.17) is 9.47 Å². The summed E-state index contributed by atoms with van der Waals surface area (Å²) in [5.74, 6) is -0.762. The molecule has 0 spiro atoms. The minimum atomic E-state index is -1.22. The minimum absolute atomic E-state index is 0.0803. The van der Waals surface area contributed by atoms with Gasteiger partial charge in [-0.1, -0.05) is 39.0 Å². The summed E-state index contributed by atoms with van der Waals surface area (Å²) in [4.78, 5) is 42.7. The van der Waals surface area contributed by atoms with Crippen molar-refractivity contribution >= 4 is 23.6 Å². The van der Waals surface area contributed by atoms with Crippen LogP contribution in [0, 0.1) is 12.8 Å². The van der Waals surface area contributed by atoms with Gasteiger partial charge in [0.25, 0.3) is 5.91 Å². The molecule has 2 rings (SSSR count). The molecule has 0 saturated heterocycles. The SMILES string of the molecule is CCC(C)(C)N(C(=O)C(NC(=O)OC(C)(C)C)C(C)C)C(C(=O)Nc1ccc(OC)cc1)c1cccc(C)c1O. The highest BCUT2D eigenvalue weighted by atomic mass is 16.6. The molecule has 2 unspecified atom stereocenters. The number of anilines is 1. The van der Waals surface area contributed by atoms with Gasteiger partial charge in [-0.25, -0.2) is 4.79 Å². The minimum Gasteiger partial charge on any atom is -0.507 e. The summed E-state index contributed by atoms with van der Waals surface area (Å²) < 4.78 is 10.7. The van der Waals surface area contributed by atoms with Crippen LogP contribution in [0.2, 0.25) is 0 Å². The number of hydrogen-bond donors (Lipinski definition) is 3. The molecule has 0 aromatic heterocycles. The highest BCUT2D eigenvalue weighted by molar-refractivity contribution is 5.99. The molecule has 0 heterocycles. The molecule has 0 aliphatic carbocycles. The number of benzene rings is 2. The maximum absolute atomic E-state index is 14.4. The molecule has 0 aliphatic rings. The van der Waals surface area contributed by atoms with Crippen LogP contribution in [-0.4, -0.2) is 52.2 Å².